The quantitative estimate of drug-likeness (QED) is 0.491. The molecule has 3 fully saturated rings. The molecule has 1 aromatic carbocycles. The zero-order valence-corrected chi connectivity index (χ0v) is 17.7. The maximum Gasteiger partial charge on any atom is 0.322 e. The Morgan fingerprint density at radius 1 is 0.938 bits per heavy atom. The fraction of sp³-hybridized carbons (Fsp3) is 0.522. The summed E-state index contributed by atoms with van der Waals surface area (Å²) in [6.45, 7) is 0. The molecule has 1 aromatic rings. The highest BCUT2D eigenvalue weighted by Gasteiger charge is 2.48. The van der Waals surface area contributed by atoms with Crippen molar-refractivity contribution in [3.05, 3.63) is 34.9 Å². The molecule has 0 bridgehead atoms. The van der Waals surface area contributed by atoms with Gasteiger partial charge in [-0.2, -0.15) is 0 Å². The van der Waals surface area contributed by atoms with Gasteiger partial charge in [-0.25, -0.2) is 4.79 Å². The van der Waals surface area contributed by atoms with Gasteiger partial charge in [0.1, 0.15) is 5.54 Å². The number of carbonyl (C=O) groups is 5. The number of hydrogen-bond donors (Lipinski definition) is 3. The van der Waals surface area contributed by atoms with E-state index in [1.165, 1.54) is 11.0 Å². The summed E-state index contributed by atoms with van der Waals surface area (Å²) in [5.74, 6) is -1.20. The first-order chi connectivity index (χ1) is 15.4. The molecule has 4 aliphatic rings. The van der Waals surface area contributed by atoms with Crippen LogP contribution >= 0.6 is 0 Å². The summed E-state index contributed by atoms with van der Waals surface area (Å²) in [6.07, 6.45) is 6.82. The molecular formula is C23H26N4O5. The van der Waals surface area contributed by atoms with Gasteiger partial charge >= 0.3 is 6.03 Å². The molecule has 3 N–H and O–H groups in total. The lowest BCUT2D eigenvalue weighted by Gasteiger charge is -2.34. The van der Waals surface area contributed by atoms with E-state index in [1.807, 2.05) is 0 Å². The number of hydrogen-bond acceptors (Lipinski definition) is 5. The third kappa shape index (κ3) is 3.36. The predicted molar refractivity (Wildman–Crippen MR) is 113 cm³/mol. The Morgan fingerprint density at radius 3 is 2.28 bits per heavy atom. The van der Waals surface area contributed by atoms with Gasteiger partial charge in [0, 0.05) is 17.6 Å². The average molecular weight is 438 g/mol. The highest BCUT2D eigenvalue weighted by atomic mass is 16.2. The number of amides is 6. The Morgan fingerprint density at radius 2 is 1.62 bits per heavy atom. The van der Waals surface area contributed by atoms with E-state index in [4.69, 9.17) is 0 Å². The zero-order valence-electron chi connectivity index (χ0n) is 17.7. The van der Waals surface area contributed by atoms with Gasteiger partial charge in [0.15, 0.2) is 0 Å². The van der Waals surface area contributed by atoms with Gasteiger partial charge in [0.05, 0.1) is 11.1 Å². The van der Waals surface area contributed by atoms with E-state index in [0.29, 0.717) is 42.4 Å². The fourth-order valence-corrected chi connectivity index (χ4v) is 5.48. The predicted octanol–water partition coefficient (Wildman–Crippen LogP) is 1.87. The molecule has 0 atom stereocenters. The molecule has 2 saturated carbocycles. The van der Waals surface area contributed by atoms with Crippen LogP contribution in [0.25, 0.3) is 0 Å². The second-order valence-corrected chi connectivity index (χ2v) is 9.27. The molecule has 2 aliphatic heterocycles. The van der Waals surface area contributed by atoms with Crippen molar-refractivity contribution < 1.29 is 24.0 Å². The van der Waals surface area contributed by atoms with Crippen LogP contribution in [0.5, 0.6) is 0 Å². The third-order valence-electron chi connectivity index (χ3n) is 7.31. The number of nitrogens with zero attached hydrogens (tertiary/aromatic N) is 1. The Balaban J connectivity index is 1.25. The second kappa shape index (κ2) is 7.72. The number of rotatable bonds is 3. The van der Waals surface area contributed by atoms with Gasteiger partial charge in [0.25, 0.3) is 23.6 Å². The van der Waals surface area contributed by atoms with E-state index in [9.17, 15) is 24.0 Å². The van der Waals surface area contributed by atoms with E-state index in [0.717, 1.165) is 32.1 Å². The van der Waals surface area contributed by atoms with Crippen molar-refractivity contribution in [2.75, 3.05) is 0 Å². The Hall–Kier alpha value is -3.23. The molecule has 168 valence electrons. The Labute approximate surface area is 185 Å². The standard InChI is InChI=1S/C23H26N4O5/c28-18(24-14-8-10-23(11-9-14)21(31)25-22(32)26-23)13-6-7-16-17(12-13)20(30)27(19(16)29)15-4-2-1-3-5-15/h6-7,12,14-15H,1-5,8-11H2,(H,24,28)(H2,25,26,31,32). The molecule has 5 rings (SSSR count). The van der Waals surface area contributed by atoms with E-state index in [-0.39, 0.29) is 35.7 Å². The first-order valence-electron chi connectivity index (χ1n) is 11.3. The lowest BCUT2D eigenvalue weighted by atomic mass is 9.79. The highest BCUT2D eigenvalue weighted by molar-refractivity contribution is 6.22. The van der Waals surface area contributed by atoms with Crippen molar-refractivity contribution in [3.8, 4) is 0 Å². The van der Waals surface area contributed by atoms with Gasteiger partial charge in [-0.1, -0.05) is 19.3 Å². The molecule has 2 heterocycles. The first-order valence-corrected chi connectivity index (χ1v) is 11.3. The van der Waals surface area contributed by atoms with E-state index < -0.39 is 11.6 Å². The van der Waals surface area contributed by atoms with Crippen LogP contribution in [-0.2, 0) is 4.79 Å². The maximum atomic E-state index is 13.0. The van der Waals surface area contributed by atoms with Crippen LogP contribution in [0.4, 0.5) is 4.79 Å². The molecular weight excluding hydrogens is 412 g/mol. The van der Waals surface area contributed by atoms with Crippen molar-refractivity contribution in [2.45, 2.75) is 75.4 Å². The molecule has 6 amide bonds. The topological polar surface area (TPSA) is 125 Å². The number of nitrogens with one attached hydrogen (secondary N) is 3. The summed E-state index contributed by atoms with van der Waals surface area (Å²) in [5, 5.41) is 7.95. The first kappa shape index (κ1) is 20.7. The summed E-state index contributed by atoms with van der Waals surface area (Å²) in [6, 6.07) is 4.00. The minimum Gasteiger partial charge on any atom is -0.349 e. The Kier molecular flexibility index (Phi) is 4.98. The van der Waals surface area contributed by atoms with Crippen molar-refractivity contribution in [1.82, 2.24) is 20.9 Å². The summed E-state index contributed by atoms with van der Waals surface area (Å²) in [5.41, 5.74) is 0.116. The van der Waals surface area contributed by atoms with E-state index in [1.54, 1.807) is 12.1 Å². The van der Waals surface area contributed by atoms with Gasteiger partial charge < -0.3 is 10.6 Å². The molecule has 32 heavy (non-hydrogen) atoms. The molecule has 9 heteroatoms. The molecule has 0 aromatic heterocycles. The van der Waals surface area contributed by atoms with Gasteiger partial charge in [0.2, 0.25) is 0 Å². The smallest absolute Gasteiger partial charge is 0.322 e. The normalized spacial score (nSPS) is 28.0. The third-order valence-corrected chi connectivity index (χ3v) is 7.31. The number of fused-ring (bicyclic) bond motifs is 1. The molecule has 1 spiro atoms. The van der Waals surface area contributed by atoms with Gasteiger partial charge in [-0.05, 0) is 56.7 Å². The zero-order chi connectivity index (χ0) is 22.5. The van der Waals surface area contributed by atoms with Crippen LogP contribution in [-0.4, -0.2) is 52.2 Å². The lowest BCUT2D eigenvalue weighted by molar-refractivity contribution is -0.125. The molecule has 1 saturated heterocycles. The van der Waals surface area contributed by atoms with Crippen LogP contribution < -0.4 is 16.0 Å². The lowest BCUT2D eigenvalue weighted by Crippen LogP contribution is -2.52. The van der Waals surface area contributed by atoms with Crippen molar-refractivity contribution >= 4 is 29.7 Å². The van der Waals surface area contributed by atoms with Crippen molar-refractivity contribution in [3.63, 3.8) is 0 Å². The van der Waals surface area contributed by atoms with Crippen molar-refractivity contribution in [2.24, 2.45) is 0 Å². The number of benzene rings is 1. The molecule has 9 nitrogen and oxygen atoms in total. The van der Waals surface area contributed by atoms with Crippen LogP contribution in [0.15, 0.2) is 18.2 Å². The van der Waals surface area contributed by atoms with Crippen LogP contribution in [0.2, 0.25) is 0 Å². The van der Waals surface area contributed by atoms with Crippen LogP contribution in [0.3, 0.4) is 0 Å². The van der Waals surface area contributed by atoms with E-state index in [2.05, 4.69) is 16.0 Å². The Bertz CT molecular complexity index is 1020. The van der Waals surface area contributed by atoms with Gasteiger partial charge in [-0.15, -0.1) is 0 Å². The molecule has 2 aliphatic carbocycles. The minimum atomic E-state index is -0.874. The van der Waals surface area contributed by atoms with Gasteiger partial charge in [-0.3, -0.25) is 29.4 Å². The van der Waals surface area contributed by atoms with Crippen LogP contribution in [0, 0.1) is 0 Å². The molecule has 0 unspecified atom stereocenters. The molecule has 0 radical (unpaired) electrons. The minimum absolute atomic E-state index is 0.0590. The summed E-state index contributed by atoms with van der Waals surface area (Å²) < 4.78 is 0. The second-order valence-electron chi connectivity index (χ2n) is 9.27. The van der Waals surface area contributed by atoms with Crippen LogP contribution in [0.1, 0.15) is 88.9 Å². The monoisotopic (exact) mass is 438 g/mol. The number of carbonyl (C=O) groups excluding carboxylic acids is 5. The summed E-state index contributed by atoms with van der Waals surface area (Å²) >= 11 is 0. The summed E-state index contributed by atoms with van der Waals surface area (Å²) in [4.78, 5) is 63.6. The maximum absolute atomic E-state index is 13.0. The van der Waals surface area contributed by atoms with Crippen molar-refractivity contribution in [1.29, 1.82) is 0 Å². The number of imide groups is 2. The summed E-state index contributed by atoms with van der Waals surface area (Å²) in [7, 11) is 0. The fourth-order valence-electron chi connectivity index (χ4n) is 5.48. The average Bonchev–Trinajstić information content (AvgIpc) is 3.21. The SMILES string of the molecule is O=C1NC(=O)C2(CCC(NC(=O)c3ccc4c(c3)C(=O)N(C3CCCCC3)C4=O)CC2)N1. The van der Waals surface area contributed by atoms with E-state index >= 15 is 0 Å². The number of urea groups is 1. The largest absolute Gasteiger partial charge is 0.349 e. The highest BCUT2D eigenvalue weighted by Crippen LogP contribution is 2.33.